The summed E-state index contributed by atoms with van der Waals surface area (Å²) in [5, 5.41) is 5.89. The molecule has 1 aromatic carbocycles. The van der Waals surface area contributed by atoms with Gasteiger partial charge in [-0.1, -0.05) is 6.08 Å². The minimum absolute atomic E-state index is 0.0418. The summed E-state index contributed by atoms with van der Waals surface area (Å²) in [5.74, 6) is -0.388. The third-order valence-electron chi connectivity index (χ3n) is 4.01. The maximum absolute atomic E-state index is 14.5. The number of carbonyl (C=O) groups is 1. The van der Waals surface area contributed by atoms with E-state index in [1.54, 1.807) is 30.5 Å². The summed E-state index contributed by atoms with van der Waals surface area (Å²) < 4.78 is 24.9. The van der Waals surface area contributed by atoms with Crippen LogP contribution in [0.4, 0.5) is 21.7 Å². The van der Waals surface area contributed by atoms with Crippen molar-refractivity contribution in [1.82, 2.24) is 4.98 Å². The van der Waals surface area contributed by atoms with Gasteiger partial charge in [-0.15, -0.1) is 0 Å². The van der Waals surface area contributed by atoms with Gasteiger partial charge in [-0.3, -0.25) is 9.79 Å². The van der Waals surface area contributed by atoms with Crippen LogP contribution in [0.25, 0.3) is 0 Å². The van der Waals surface area contributed by atoms with Crippen molar-refractivity contribution in [1.29, 1.82) is 0 Å². The van der Waals surface area contributed by atoms with E-state index in [0.29, 0.717) is 23.6 Å². The monoisotopic (exact) mass is 385 g/mol. The number of nitrogens with two attached hydrogens (primary N) is 1. The van der Waals surface area contributed by atoms with E-state index in [1.165, 1.54) is 14.2 Å². The van der Waals surface area contributed by atoms with Gasteiger partial charge < -0.3 is 25.8 Å². The average Bonchev–Trinajstić information content (AvgIpc) is 2.70. The molecule has 8 nitrogen and oxygen atoms in total. The second-order valence-corrected chi connectivity index (χ2v) is 5.93. The number of nitrogens with one attached hydrogen (secondary N) is 2. The summed E-state index contributed by atoms with van der Waals surface area (Å²) in [6.07, 6.45) is 5.57. The molecule has 3 rings (SSSR count). The van der Waals surface area contributed by atoms with Gasteiger partial charge in [0, 0.05) is 36.5 Å². The molecule has 146 valence electrons. The molecule has 1 atom stereocenters. The number of allylic oxidation sites excluding steroid dienone is 1. The smallest absolute Gasteiger partial charge is 0.252 e. The molecule has 0 saturated heterocycles. The van der Waals surface area contributed by atoms with Gasteiger partial charge in [0.25, 0.3) is 5.91 Å². The van der Waals surface area contributed by atoms with Crippen molar-refractivity contribution in [3.63, 3.8) is 0 Å². The van der Waals surface area contributed by atoms with Crippen LogP contribution in [0.15, 0.2) is 41.4 Å². The highest BCUT2D eigenvalue weighted by Gasteiger charge is 2.18. The van der Waals surface area contributed by atoms with Crippen molar-refractivity contribution in [2.45, 2.75) is 12.6 Å². The Morgan fingerprint density at radius 3 is 2.46 bits per heavy atom. The molecule has 1 unspecified atom stereocenters. The molecule has 4 N–H and O–H groups in total. The van der Waals surface area contributed by atoms with Crippen LogP contribution in [0.1, 0.15) is 16.8 Å². The van der Waals surface area contributed by atoms with Crippen LogP contribution >= 0.6 is 0 Å². The van der Waals surface area contributed by atoms with Gasteiger partial charge in [-0.2, -0.15) is 0 Å². The number of dihydropyridines is 1. The molecule has 2 heterocycles. The Morgan fingerprint density at radius 1 is 1.18 bits per heavy atom. The number of hydrogen-bond acceptors (Lipinski definition) is 7. The van der Waals surface area contributed by atoms with Crippen molar-refractivity contribution in [3.8, 4) is 11.5 Å². The molecule has 0 radical (unpaired) electrons. The Kier molecular flexibility index (Phi) is 5.73. The van der Waals surface area contributed by atoms with Crippen molar-refractivity contribution in [2.24, 2.45) is 10.7 Å². The molecule has 0 fully saturated rings. The fourth-order valence-corrected chi connectivity index (χ4v) is 2.63. The molecule has 0 saturated carbocycles. The first-order chi connectivity index (χ1) is 13.5. The fraction of sp³-hybridized carbons (Fsp3) is 0.211. The van der Waals surface area contributed by atoms with Gasteiger partial charge in [-0.25, -0.2) is 9.37 Å². The van der Waals surface area contributed by atoms with E-state index in [9.17, 15) is 9.18 Å². The summed E-state index contributed by atoms with van der Waals surface area (Å²) in [6, 6.07) is 6.10. The molecule has 2 aromatic rings. The number of anilines is 3. The van der Waals surface area contributed by atoms with Gasteiger partial charge in [-0.05, 0) is 12.1 Å². The standard InChI is InChI=1S/C19H20FN5O3/c1-27-12-7-11(8-13(9-12)28-2)23-18-14(17(21)26)10-15(20)19(25-18)24-16-5-3-4-6-22-16/h3-4,6-10,16H,5H2,1-2H3,(H2,21,26)(H2,23,24,25). The quantitative estimate of drug-likeness (QED) is 0.676. The topological polar surface area (TPSA) is 111 Å². The third-order valence-corrected chi connectivity index (χ3v) is 4.01. The lowest BCUT2D eigenvalue weighted by molar-refractivity contribution is 0.100. The Balaban J connectivity index is 1.96. The Labute approximate surface area is 161 Å². The van der Waals surface area contributed by atoms with E-state index < -0.39 is 11.7 Å². The lowest BCUT2D eigenvalue weighted by Crippen LogP contribution is -2.21. The first kappa shape index (κ1) is 19.2. The molecule has 0 bridgehead atoms. The first-order valence-electron chi connectivity index (χ1n) is 8.45. The largest absolute Gasteiger partial charge is 0.497 e. The molecular formula is C19H20FN5O3. The fourth-order valence-electron chi connectivity index (χ4n) is 2.63. The number of carbonyl (C=O) groups excluding carboxylic acids is 1. The molecule has 1 aliphatic heterocycles. The lowest BCUT2D eigenvalue weighted by Gasteiger charge is -2.18. The highest BCUT2D eigenvalue weighted by Crippen LogP contribution is 2.30. The van der Waals surface area contributed by atoms with Crippen LogP contribution < -0.4 is 25.8 Å². The molecule has 1 aliphatic rings. The maximum atomic E-state index is 14.5. The predicted molar refractivity (Wildman–Crippen MR) is 105 cm³/mol. The zero-order chi connectivity index (χ0) is 20.1. The molecule has 0 spiro atoms. The second-order valence-electron chi connectivity index (χ2n) is 5.93. The number of hydrogen-bond donors (Lipinski definition) is 3. The first-order valence-corrected chi connectivity index (χ1v) is 8.45. The van der Waals surface area contributed by atoms with Crippen LogP contribution in [0.3, 0.4) is 0 Å². The molecule has 1 aromatic heterocycles. The van der Waals surface area contributed by atoms with Gasteiger partial charge in [0.1, 0.15) is 23.5 Å². The van der Waals surface area contributed by atoms with E-state index in [4.69, 9.17) is 15.2 Å². The van der Waals surface area contributed by atoms with E-state index in [0.717, 1.165) is 6.07 Å². The minimum Gasteiger partial charge on any atom is -0.497 e. The number of nitrogens with zero attached hydrogens (tertiary/aromatic N) is 2. The molecular weight excluding hydrogens is 365 g/mol. The predicted octanol–water partition coefficient (Wildman–Crippen LogP) is 2.85. The van der Waals surface area contributed by atoms with E-state index in [-0.39, 0.29) is 23.4 Å². The summed E-state index contributed by atoms with van der Waals surface area (Å²) in [6.45, 7) is 0. The summed E-state index contributed by atoms with van der Waals surface area (Å²) in [5.41, 5.74) is 5.84. The van der Waals surface area contributed by atoms with Gasteiger partial charge >= 0.3 is 0 Å². The number of halogens is 1. The highest BCUT2D eigenvalue weighted by atomic mass is 19.1. The van der Waals surface area contributed by atoms with Gasteiger partial charge in [0.05, 0.1) is 19.8 Å². The highest BCUT2D eigenvalue weighted by molar-refractivity contribution is 5.98. The van der Waals surface area contributed by atoms with Gasteiger partial charge in [0.2, 0.25) is 0 Å². The summed E-state index contributed by atoms with van der Waals surface area (Å²) in [4.78, 5) is 20.2. The third kappa shape index (κ3) is 4.37. The number of pyridine rings is 1. The van der Waals surface area contributed by atoms with Gasteiger partial charge in [0.15, 0.2) is 11.6 Å². The zero-order valence-corrected chi connectivity index (χ0v) is 15.4. The van der Waals surface area contributed by atoms with E-state index in [2.05, 4.69) is 20.6 Å². The molecule has 0 aliphatic carbocycles. The van der Waals surface area contributed by atoms with Crippen LogP contribution in [0, 0.1) is 5.82 Å². The van der Waals surface area contributed by atoms with Crippen molar-refractivity contribution < 1.29 is 18.7 Å². The second kappa shape index (κ2) is 8.38. The van der Waals surface area contributed by atoms with Crippen LogP contribution in [0.5, 0.6) is 11.5 Å². The molecule has 1 amide bonds. The normalized spacial score (nSPS) is 15.2. The number of rotatable bonds is 7. The van der Waals surface area contributed by atoms with Crippen LogP contribution in [-0.4, -0.2) is 37.5 Å². The number of aliphatic imine (C=N–C) groups is 1. The SMILES string of the molecule is COc1cc(Nc2nc(NC3CC=CC=N3)c(F)cc2C(N)=O)cc(OC)c1. The van der Waals surface area contributed by atoms with E-state index in [1.807, 2.05) is 6.08 Å². The number of amides is 1. The van der Waals surface area contributed by atoms with Crippen molar-refractivity contribution in [3.05, 3.63) is 47.8 Å². The van der Waals surface area contributed by atoms with Crippen LogP contribution in [-0.2, 0) is 0 Å². The Hall–Kier alpha value is -3.62. The molecule has 28 heavy (non-hydrogen) atoms. The van der Waals surface area contributed by atoms with Crippen molar-refractivity contribution >= 4 is 29.4 Å². The Morgan fingerprint density at radius 2 is 1.89 bits per heavy atom. The number of methoxy groups -OCH3 is 2. The summed E-state index contributed by atoms with van der Waals surface area (Å²) >= 11 is 0. The van der Waals surface area contributed by atoms with Crippen LogP contribution in [0.2, 0.25) is 0 Å². The molecule has 9 heteroatoms. The number of aromatic nitrogens is 1. The number of primary amides is 1. The maximum Gasteiger partial charge on any atom is 0.252 e. The number of ether oxygens (including phenoxy) is 2. The summed E-state index contributed by atoms with van der Waals surface area (Å²) in [7, 11) is 3.04. The zero-order valence-electron chi connectivity index (χ0n) is 15.4. The van der Waals surface area contributed by atoms with E-state index >= 15 is 0 Å². The van der Waals surface area contributed by atoms with Crippen molar-refractivity contribution in [2.75, 3.05) is 24.9 Å². The Bertz CT molecular complexity index is 923. The minimum atomic E-state index is -0.811. The number of benzene rings is 1. The lowest BCUT2D eigenvalue weighted by atomic mass is 10.2. The average molecular weight is 385 g/mol.